The number of fused-ring (bicyclic) bond motifs is 2. The van der Waals surface area contributed by atoms with Gasteiger partial charge in [-0.1, -0.05) is 72.3 Å². The van der Waals surface area contributed by atoms with Gasteiger partial charge >= 0.3 is 0 Å². The first-order chi connectivity index (χ1) is 31.3. The summed E-state index contributed by atoms with van der Waals surface area (Å²) in [6.45, 7) is 8.25. The number of nitrogens with one attached hydrogen (secondary N) is 1. The summed E-state index contributed by atoms with van der Waals surface area (Å²) >= 11 is 6.11. The van der Waals surface area contributed by atoms with Gasteiger partial charge in [-0.2, -0.15) is 21.0 Å². The fourth-order valence-electron chi connectivity index (χ4n) is 7.37. The molecule has 8 rings (SSSR count). The van der Waals surface area contributed by atoms with Crippen molar-refractivity contribution in [3.63, 3.8) is 0 Å². The van der Waals surface area contributed by atoms with Gasteiger partial charge in [0, 0.05) is 22.9 Å². The van der Waals surface area contributed by atoms with Gasteiger partial charge in [0.15, 0.2) is 17.2 Å². The van der Waals surface area contributed by atoms with E-state index in [0.717, 1.165) is 77.2 Å². The highest BCUT2D eigenvalue weighted by Gasteiger charge is 2.15. The third kappa shape index (κ3) is 10.8. The standard InChI is InChI=1S/C25H19N7.C20H16ClN3.C5H4N4/c1-15-11-17(5-4-10-26)12-16(2)24(15)19-6-3-7-20-21(19)13-23(30-25(20)28)29-22-9-8-18(14-27)31-32-22;1-12-9-14(5-4-8-22)10-13(2)19(12)15-6-3-7-16-17(15)11-18(21)24-20(16)23;6-3-4-1-2-5(7)9-8-4/h3-9,11-13H,1-2H3,(H3,28,29,30,32);3-7,9-11H,1-2H3,(H2,23,24);1-2H,(H2,7,9)/b2*5-4+;. The van der Waals surface area contributed by atoms with Crippen molar-refractivity contribution in [1.82, 2.24) is 30.4 Å². The zero-order valence-electron chi connectivity index (χ0n) is 35.6. The lowest BCUT2D eigenvalue weighted by molar-refractivity contribution is 1.01. The van der Waals surface area contributed by atoms with E-state index in [2.05, 4.69) is 99.8 Å². The van der Waals surface area contributed by atoms with Crippen molar-refractivity contribution >= 4 is 74.4 Å². The molecule has 65 heavy (non-hydrogen) atoms. The van der Waals surface area contributed by atoms with Gasteiger partial charge in [-0.15, -0.1) is 20.4 Å². The van der Waals surface area contributed by atoms with Crippen molar-refractivity contribution < 1.29 is 0 Å². The molecule has 0 saturated carbocycles. The maximum absolute atomic E-state index is 8.90. The number of benzene rings is 4. The maximum Gasteiger partial charge on any atom is 0.163 e. The van der Waals surface area contributed by atoms with Crippen molar-refractivity contribution in [2.45, 2.75) is 27.7 Å². The summed E-state index contributed by atoms with van der Waals surface area (Å²) in [5.41, 5.74) is 28.8. The average molecular weight is 871 g/mol. The molecular weight excluding hydrogens is 832 g/mol. The van der Waals surface area contributed by atoms with E-state index in [-0.39, 0.29) is 11.4 Å². The van der Waals surface area contributed by atoms with Crippen molar-refractivity contribution in [2.75, 3.05) is 22.5 Å². The van der Waals surface area contributed by atoms with Gasteiger partial charge in [0.25, 0.3) is 0 Å². The van der Waals surface area contributed by atoms with Gasteiger partial charge in [-0.25, -0.2) is 9.97 Å². The predicted molar refractivity (Wildman–Crippen MR) is 258 cm³/mol. The van der Waals surface area contributed by atoms with E-state index in [0.29, 0.717) is 34.2 Å². The van der Waals surface area contributed by atoms with Crippen molar-refractivity contribution in [1.29, 1.82) is 21.0 Å². The molecule has 14 nitrogen and oxygen atoms in total. The molecule has 316 valence electrons. The Morgan fingerprint density at radius 1 is 0.523 bits per heavy atom. The van der Waals surface area contributed by atoms with Crippen molar-refractivity contribution in [3.05, 3.63) is 159 Å². The van der Waals surface area contributed by atoms with E-state index in [4.69, 9.17) is 49.8 Å². The van der Waals surface area contributed by atoms with Crippen LogP contribution in [0.3, 0.4) is 0 Å². The van der Waals surface area contributed by atoms with Crippen LogP contribution in [0.1, 0.15) is 44.8 Å². The first-order valence-corrected chi connectivity index (χ1v) is 20.1. The SMILES string of the molecule is Cc1cc(/C=C/C#N)cc(C)c1-c1cccc2c(N)nc(Cl)cc12.Cc1cc(/C=C/C#N)cc(C)c1-c1cccc2c(N)nc(Nc3ccc(C#N)nn3)cc12.N#Cc1ccc(N)nn1. The third-order valence-electron chi connectivity index (χ3n) is 9.96. The number of hydrogen-bond acceptors (Lipinski definition) is 14. The minimum absolute atomic E-state index is 0.239. The van der Waals surface area contributed by atoms with E-state index in [9.17, 15) is 0 Å². The number of rotatable bonds is 6. The highest BCUT2D eigenvalue weighted by Crippen LogP contribution is 2.38. The summed E-state index contributed by atoms with van der Waals surface area (Å²) in [6, 6.07) is 38.1. The molecule has 0 aliphatic heterocycles. The summed E-state index contributed by atoms with van der Waals surface area (Å²) in [5, 5.41) is 56.6. The lowest BCUT2D eigenvalue weighted by atomic mass is 9.90. The number of nitriles is 4. The van der Waals surface area contributed by atoms with Crippen LogP contribution in [0.25, 0.3) is 56.0 Å². The number of pyridine rings is 2. The highest BCUT2D eigenvalue weighted by molar-refractivity contribution is 6.30. The fourth-order valence-corrected chi connectivity index (χ4v) is 7.57. The molecule has 4 heterocycles. The minimum Gasteiger partial charge on any atom is -0.383 e. The summed E-state index contributed by atoms with van der Waals surface area (Å²) in [7, 11) is 0. The number of hydrogen-bond donors (Lipinski definition) is 4. The Morgan fingerprint density at radius 2 is 1.00 bits per heavy atom. The van der Waals surface area contributed by atoms with E-state index >= 15 is 0 Å². The Kier molecular flexibility index (Phi) is 14.3. The maximum atomic E-state index is 8.90. The molecule has 0 unspecified atom stereocenters. The monoisotopic (exact) mass is 870 g/mol. The molecule has 0 radical (unpaired) electrons. The molecule has 4 aromatic heterocycles. The topological polar surface area (TPSA) is 263 Å². The van der Waals surface area contributed by atoms with Crippen molar-refractivity contribution in [3.8, 4) is 46.5 Å². The van der Waals surface area contributed by atoms with Gasteiger partial charge in [0.05, 0.1) is 12.1 Å². The number of allylic oxidation sites excluding steroid dienone is 2. The average Bonchev–Trinajstić information content (AvgIpc) is 3.28. The Labute approximate surface area is 380 Å². The number of nitrogen functional groups attached to an aromatic ring is 3. The van der Waals surface area contributed by atoms with Crippen LogP contribution in [-0.4, -0.2) is 30.4 Å². The smallest absolute Gasteiger partial charge is 0.163 e. The Hall–Kier alpha value is -9.21. The Balaban J connectivity index is 0.000000186. The fraction of sp³-hybridized carbons (Fsp3) is 0.0800. The summed E-state index contributed by atoms with van der Waals surface area (Å²) in [5.74, 6) is 2.16. The van der Waals surface area contributed by atoms with Crippen LogP contribution in [0.15, 0.2) is 109 Å². The van der Waals surface area contributed by atoms with Crippen molar-refractivity contribution in [2.24, 2.45) is 0 Å². The molecule has 15 heteroatoms. The number of nitrogens with zero attached hydrogens (tertiary/aromatic N) is 10. The molecule has 7 N–H and O–H groups in total. The molecule has 0 spiro atoms. The van der Waals surface area contributed by atoms with E-state index in [1.54, 1.807) is 18.2 Å². The molecule has 8 aromatic rings. The van der Waals surface area contributed by atoms with Gasteiger partial charge in [0.2, 0.25) is 0 Å². The van der Waals surface area contributed by atoms with E-state index in [1.165, 1.54) is 24.3 Å². The highest BCUT2D eigenvalue weighted by atomic mass is 35.5. The first-order valence-electron chi connectivity index (χ1n) is 19.7. The molecule has 0 aliphatic rings. The van der Waals surface area contributed by atoms with Crippen LogP contribution in [0.2, 0.25) is 5.15 Å². The predicted octanol–water partition coefficient (Wildman–Crippen LogP) is 10.3. The van der Waals surface area contributed by atoms with Gasteiger partial charge < -0.3 is 22.5 Å². The zero-order valence-corrected chi connectivity index (χ0v) is 36.4. The second kappa shape index (κ2) is 20.6. The first kappa shape index (κ1) is 45.3. The van der Waals surface area contributed by atoms with Crippen LogP contribution in [0.5, 0.6) is 0 Å². The molecular formula is C50H39ClN14. The zero-order chi connectivity index (χ0) is 46.6. The molecule has 4 aromatic carbocycles. The van der Waals surface area contributed by atoms with E-state index in [1.807, 2.05) is 66.8 Å². The summed E-state index contributed by atoms with van der Waals surface area (Å²) < 4.78 is 0. The normalized spacial score (nSPS) is 10.5. The second-order valence-corrected chi connectivity index (χ2v) is 14.9. The van der Waals surface area contributed by atoms with Crippen LogP contribution in [0, 0.1) is 73.0 Å². The summed E-state index contributed by atoms with van der Waals surface area (Å²) in [6.07, 6.45) is 6.57. The van der Waals surface area contributed by atoms with Gasteiger partial charge in [0.1, 0.15) is 40.6 Å². The third-order valence-corrected chi connectivity index (χ3v) is 10.2. The quantitative estimate of drug-likeness (QED) is 0.0895. The van der Waals surface area contributed by atoms with Crippen LogP contribution in [-0.2, 0) is 0 Å². The number of nitrogens with two attached hydrogens (primary N) is 3. The minimum atomic E-state index is 0.239. The number of anilines is 5. The largest absolute Gasteiger partial charge is 0.383 e. The van der Waals surface area contributed by atoms with Crippen LogP contribution >= 0.6 is 11.6 Å². The Bertz CT molecular complexity index is 3270. The molecule has 0 bridgehead atoms. The molecule has 0 fully saturated rings. The van der Waals surface area contributed by atoms with Crippen LogP contribution in [0.4, 0.5) is 29.1 Å². The van der Waals surface area contributed by atoms with Gasteiger partial charge in [-0.3, -0.25) is 0 Å². The lowest BCUT2D eigenvalue weighted by Gasteiger charge is -2.16. The molecule has 0 aliphatic carbocycles. The number of aromatic nitrogens is 6. The molecule has 0 amide bonds. The summed E-state index contributed by atoms with van der Waals surface area (Å²) in [4.78, 5) is 8.59. The van der Waals surface area contributed by atoms with Gasteiger partial charge in [-0.05, 0) is 143 Å². The Morgan fingerprint density at radius 3 is 1.45 bits per heavy atom. The lowest BCUT2D eigenvalue weighted by Crippen LogP contribution is -2.02. The van der Waals surface area contributed by atoms with Crippen LogP contribution < -0.4 is 22.5 Å². The van der Waals surface area contributed by atoms with E-state index < -0.39 is 0 Å². The molecule has 0 atom stereocenters. The number of halogens is 1. The number of aryl methyl sites for hydroxylation is 4. The molecule has 0 saturated heterocycles. The second-order valence-electron chi connectivity index (χ2n) is 14.5.